The lowest BCUT2D eigenvalue weighted by molar-refractivity contribution is -0.207. The highest BCUT2D eigenvalue weighted by atomic mass is 16.8. The maximum absolute atomic E-state index is 11.4. The largest absolute Gasteiger partial charge is 0.469 e. The lowest BCUT2D eigenvalue weighted by atomic mass is 9.91. The summed E-state index contributed by atoms with van der Waals surface area (Å²) in [6.45, 7) is 0.543. The van der Waals surface area contributed by atoms with Crippen molar-refractivity contribution < 1.29 is 28.5 Å². The minimum absolute atomic E-state index is 0.0435. The third-order valence-corrected chi connectivity index (χ3v) is 6.36. The topological polar surface area (TPSA) is 63.2 Å². The van der Waals surface area contributed by atoms with Crippen molar-refractivity contribution in [2.24, 2.45) is 0 Å². The van der Waals surface area contributed by atoms with Crippen LogP contribution in [0.4, 0.5) is 0 Å². The van der Waals surface area contributed by atoms with Crippen molar-refractivity contribution in [2.75, 3.05) is 13.7 Å². The van der Waals surface area contributed by atoms with Crippen LogP contribution in [-0.4, -0.2) is 56.0 Å². The Morgan fingerprint density at radius 1 is 1.04 bits per heavy atom. The van der Waals surface area contributed by atoms with Crippen LogP contribution in [0.1, 0.15) is 70.6 Å². The molecule has 0 aromatic carbocycles. The first-order valence-corrected chi connectivity index (χ1v) is 10.4. The minimum Gasteiger partial charge on any atom is -0.469 e. The Hall–Kier alpha value is -0.690. The fourth-order valence-electron chi connectivity index (χ4n) is 4.96. The van der Waals surface area contributed by atoms with Gasteiger partial charge in [0.2, 0.25) is 0 Å². The zero-order valence-electron chi connectivity index (χ0n) is 15.8. The van der Waals surface area contributed by atoms with Crippen molar-refractivity contribution >= 4 is 5.97 Å². The van der Waals surface area contributed by atoms with E-state index < -0.39 is 0 Å². The second-order valence-corrected chi connectivity index (χ2v) is 8.25. The van der Waals surface area contributed by atoms with E-state index in [0.29, 0.717) is 13.0 Å². The van der Waals surface area contributed by atoms with Crippen LogP contribution in [0.25, 0.3) is 0 Å². The third-order valence-electron chi connectivity index (χ3n) is 6.36. The standard InChI is InChI=1S/C20H32O6/c1-22-18(21)12-14-8-9-15(13-23-14)24-16-6-5-7-17-19(16)26-20(25-17)10-3-2-4-11-20/h14-17,19H,2-13H2,1H3/t14-,15?,16-,17-,19+/m1/s1. The summed E-state index contributed by atoms with van der Waals surface area (Å²) in [5.41, 5.74) is 0. The Kier molecular flexibility index (Phi) is 5.84. The predicted octanol–water partition coefficient (Wildman–Crippen LogP) is 3.11. The number of esters is 1. The van der Waals surface area contributed by atoms with Gasteiger partial charge in [-0.05, 0) is 44.9 Å². The SMILES string of the molecule is COC(=O)C[C@H]1CCC(O[C@@H]2CCC[C@H]3OC4(CCCCC4)O[C@@H]23)CO1. The average molecular weight is 368 g/mol. The number of hydrogen-bond acceptors (Lipinski definition) is 6. The highest BCUT2D eigenvalue weighted by Gasteiger charge is 2.52. The van der Waals surface area contributed by atoms with E-state index in [1.807, 2.05) is 0 Å². The minimum atomic E-state index is -0.339. The summed E-state index contributed by atoms with van der Waals surface area (Å²) in [6.07, 6.45) is 11.4. The van der Waals surface area contributed by atoms with Crippen molar-refractivity contribution in [1.82, 2.24) is 0 Å². The molecule has 4 aliphatic rings. The van der Waals surface area contributed by atoms with E-state index in [4.69, 9.17) is 23.7 Å². The maximum Gasteiger partial charge on any atom is 0.308 e. The maximum atomic E-state index is 11.4. The average Bonchev–Trinajstić information content (AvgIpc) is 3.02. The molecule has 0 aromatic heterocycles. The molecule has 4 fully saturated rings. The fourth-order valence-corrected chi connectivity index (χ4v) is 4.96. The van der Waals surface area contributed by atoms with E-state index in [1.54, 1.807) is 0 Å². The van der Waals surface area contributed by atoms with Crippen LogP contribution in [0, 0.1) is 0 Å². The Bertz CT molecular complexity index is 481. The number of fused-ring (bicyclic) bond motifs is 1. The first-order valence-electron chi connectivity index (χ1n) is 10.4. The van der Waals surface area contributed by atoms with E-state index >= 15 is 0 Å². The van der Waals surface area contributed by atoms with E-state index in [-0.39, 0.29) is 42.3 Å². The molecule has 6 heteroatoms. The van der Waals surface area contributed by atoms with Crippen LogP contribution in [0.5, 0.6) is 0 Å². The number of methoxy groups -OCH3 is 1. The second-order valence-electron chi connectivity index (χ2n) is 8.25. The van der Waals surface area contributed by atoms with Gasteiger partial charge >= 0.3 is 5.97 Å². The Morgan fingerprint density at radius 3 is 2.62 bits per heavy atom. The highest BCUT2D eigenvalue weighted by molar-refractivity contribution is 5.69. The van der Waals surface area contributed by atoms with E-state index in [0.717, 1.165) is 44.9 Å². The van der Waals surface area contributed by atoms with Gasteiger partial charge in [-0.2, -0.15) is 0 Å². The zero-order valence-corrected chi connectivity index (χ0v) is 15.8. The molecule has 2 saturated carbocycles. The van der Waals surface area contributed by atoms with Crippen molar-refractivity contribution in [3.63, 3.8) is 0 Å². The summed E-state index contributed by atoms with van der Waals surface area (Å²) in [5.74, 6) is -0.549. The molecular formula is C20H32O6. The summed E-state index contributed by atoms with van der Waals surface area (Å²) in [4.78, 5) is 11.4. The lowest BCUT2D eigenvalue weighted by Gasteiger charge is -2.36. The van der Waals surface area contributed by atoms with Gasteiger partial charge < -0.3 is 23.7 Å². The molecule has 0 N–H and O–H groups in total. The normalized spacial score (nSPS) is 39.5. The fraction of sp³-hybridized carbons (Fsp3) is 0.950. The summed E-state index contributed by atoms with van der Waals surface area (Å²) in [6, 6.07) is 0. The van der Waals surface area contributed by atoms with Gasteiger partial charge in [0.25, 0.3) is 0 Å². The molecule has 26 heavy (non-hydrogen) atoms. The number of hydrogen-bond donors (Lipinski definition) is 0. The molecule has 5 atom stereocenters. The van der Waals surface area contributed by atoms with Gasteiger partial charge in [-0.15, -0.1) is 0 Å². The Balaban J connectivity index is 1.29. The molecule has 2 aliphatic heterocycles. The molecule has 1 unspecified atom stereocenters. The lowest BCUT2D eigenvalue weighted by Crippen LogP contribution is -2.45. The van der Waals surface area contributed by atoms with Crippen LogP contribution >= 0.6 is 0 Å². The van der Waals surface area contributed by atoms with E-state index in [2.05, 4.69) is 0 Å². The molecule has 148 valence electrons. The molecule has 2 saturated heterocycles. The number of carbonyl (C=O) groups excluding carboxylic acids is 1. The van der Waals surface area contributed by atoms with E-state index in [9.17, 15) is 4.79 Å². The molecule has 6 nitrogen and oxygen atoms in total. The van der Waals surface area contributed by atoms with Gasteiger partial charge in [0, 0.05) is 12.8 Å². The molecular weight excluding hydrogens is 336 g/mol. The van der Waals surface area contributed by atoms with Crippen LogP contribution in [-0.2, 0) is 28.5 Å². The van der Waals surface area contributed by atoms with Crippen molar-refractivity contribution in [3.05, 3.63) is 0 Å². The molecule has 2 heterocycles. The quantitative estimate of drug-likeness (QED) is 0.711. The molecule has 4 rings (SSSR count). The van der Waals surface area contributed by atoms with Crippen LogP contribution in [0.3, 0.4) is 0 Å². The second kappa shape index (κ2) is 8.13. The van der Waals surface area contributed by atoms with Gasteiger partial charge in [0.05, 0.1) is 44.6 Å². The summed E-state index contributed by atoms with van der Waals surface area (Å²) < 4.78 is 29.9. The van der Waals surface area contributed by atoms with Crippen LogP contribution < -0.4 is 0 Å². The number of ether oxygens (including phenoxy) is 5. The summed E-state index contributed by atoms with van der Waals surface area (Å²) in [7, 11) is 1.42. The van der Waals surface area contributed by atoms with Crippen molar-refractivity contribution in [2.45, 2.75) is 107 Å². The highest BCUT2D eigenvalue weighted by Crippen LogP contribution is 2.45. The van der Waals surface area contributed by atoms with Gasteiger partial charge in [-0.25, -0.2) is 0 Å². The molecule has 0 bridgehead atoms. The third kappa shape index (κ3) is 4.08. The van der Waals surface area contributed by atoms with Crippen LogP contribution in [0.15, 0.2) is 0 Å². The molecule has 0 radical (unpaired) electrons. The van der Waals surface area contributed by atoms with Crippen molar-refractivity contribution in [3.8, 4) is 0 Å². The molecule has 1 spiro atoms. The summed E-state index contributed by atoms with van der Waals surface area (Å²) >= 11 is 0. The predicted molar refractivity (Wildman–Crippen MR) is 93.7 cm³/mol. The number of carbonyl (C=O) groups is 1. The van der Waals surface area contributed by atoms with Crippen molar-refractivity contribution in [1.29, 1.82) is 0 Å². The zero-order chi connectivity index (χ0) is 18.0. The first-order chi connectivity index (χ1) is 12.7. The Labute approximate surface area is 155 Å². The first kappa shape index (κ1) is 18.7. The van der Waals surface area contributed by atoms with Gasteiger partial charge in [0.15, 0.2) is 5.79 Å². The van der Waals surface area contributed by atoms with Gasteiger partial charge in [-0.3, -0.25) is 4.79 Å². The summed E-state index contributed by atoms with van der Waals surface area (Å²) in [5, 5.41) is 0. The van der Waals surface area contributed by atoms with E-state index in [1.165, 1.54) is 26.4 Å². The molecule has 2 aliphatic carbocycles. The monoisotopic (exact) mass is 368 g/mol. The number of rotatable bonds is 4. The molecule has 0 amide bonds. The van der Waals surface area contributed by atoms with Gasteiger partial charge in [0.1, 0.15) is 6.10 Å². The Morgan fingerprint density at radius 2 is 1.88 bits per heavy atom. The molecule has 0 aromatic rings. The van der Waals surface area contributed by atoms with Crippen LogP contribution in [0.2, 0.25) is 0 Å². The smallest absolute Gasteiger partial charge is 0.308 e. The van der Waals surface area contributed by atoms with Gasteiger partial charge in [-0.1, -0.05) is 6.42 Å².